The van der Waals surface area contributed by atoms with E-state index in [9.17, 15) is 14.4 Å². The van der Waals surface area contributed by atoms with E-state index in [0.29, 0.717) is 22.0 Å². The second-order valence-electron chi connectivity index (χ2n) is 6.05. The minimum atomic E-state index is -1.11. The number of ether oxygens (including phenoxy) is 1. The second-order valence-corrected chi connectivity index (χ2v) is 6.05. The van der Waals surface area contributed by atoms with Gasteiger partial charge in [-0.15, -0.1) is 0 Å². The van der Waals surface area contributed by atoms with Crippen LogP contribution in [0.1, 0.15) is 23.0 Å². The number of carbonyl (C=O) groups excluding carboxylic acids is 2. The number of hydrogen-bond donors (Lipinski definition) is 1. The predicted molar refractivity (Wildman–Crippen MR) is 102 cm³/mol. The van der Waals surface area contributed by atoms with Gasteiger partial charge in [0.2, 0.25) is 0 Å². The third kappa shape index (κ3) is 3.73. The summed E-state index contributed by atoms with van der Waals surface area (Å²) in [5, 5.41) is 16.2. The zero-order chi connectivity index (χ0) is 20.3. The summed E-state index contributed by atoms with van der Waals surface area (Å²) in [6, 6.07) is 14.9. The molecule has 3 rings (SSSR count). The Labute approximate surface area is 160 Å². The van der Waals surface area contributed by atoms with Crippen LogP contribution in [0.2, 0.25) is 0 Å². The summed E-state index contributed by atoms with van der Waals surface area (Å²) in [4.78, 5) is 37.0. The first kappa shape index (κ1) is 18.8. The van der Waals surface area contributed by atoms with Gasteiger partial charge < -0.3 is 10.1 Å². The molecule has 0 unspecified atom stereocenters. The zero-order valence-corrected chi connectivity index (χ0v) is 15.2. The van der Waals surface area contributed by atoms with Crippen molar-refractivity contribution in [3.63, 3.8) is 0 Å². The number of rotatable bonds is 4. The quantitative estimate of drug-likeness (QED) is 0.697. The summed E-state index contributed by atoms with van der Waals surface area (Å²) >= 11 is 0. The van der Waals surface area contributed by atoms with Gasteiger partial charge in [-0.2, -0.15) is 10.4 Å². The molecule has 1 atom stereocenters. The molecular formula is C20H16N4O4. The largest absolute Gasteiger partial charge is 0.448 e. The van der Waals surface area contributed by atoms with Crippen molar-refractivity contribution in [2.24, 2.45) is 7.05 Å². The van der Waals surface area contributed by atoms with Gasteiger partial charge in [0.15, 0.2) is 11.8 Å². The molecule has 28 heavy (non-hydrogen) atoms. The number of anilines is 1. The van der Waals surface area contributed by atoms with E-state index in [1.807, 2.05) is 6.07 Å². The lowest BCUT2D eigenvalue weighted by atomic mass is 10.1. The topological polar surface area (TPSA) is 114 Å². The van der Waals surface area contributed by atoms with Crippen molar-refractivity contribution in [3.05, 3.63) is 70.1 Å². The number of hydrogen-bond acceptors (Lipinski definition) is 6. The van der Waals surface area contributed by atoms with Crippen LogP contribution in [-0.4, -0.2) is 27.8 Å². The molecule has 0 radical (unpaired) electrons. The average Bonchev–Trinajstić information content (AvgIpc) is 2.70. The average molecular weight is 376 g/mol. The van der Waals surface area contributed by atoms with Crippen LogP contribution >= 0.6 is 0 Å². The number of aryl methyl sites for hydroxylation is 1. The van der Waals surface area contributed by atoms with Crippen LogP contribution in [0.4, 0.5) is 5.69 Å². The number of nitriles is 1. The van der Waals surface area contributed by atoms with E-state index >= 15 is 0 Å². The molecule has 1 N–H and O–H groups in total. The molecule has 0 aliphatic rings. The molecule has 0 saturated heterocycles. The van der Waals surface area contributed by atoms with Crippen molar-refractivity contribution in [1.29, 1.82) is 5.26 Å². The minimum Gasteiger partial charge on any atom is -0.448 e. The van der Waals surface area contributed by atoms with Gasteiger partial charge in [-0.3, -0.25) is 9.59 Å². The van der Waals surface area contributed by atoms with Crippen LogP contribution < -0.4 is 10.9 Å². The van der Waals surface area contributed by atoms with Crippen molar-refractivity contribution < 1.29 is 14.3 Å². The Morgan fingerprint density at radius 3 is 2.61 bits per heavy atom. The Hall–Kier alpha value is -3.99. The first-order chi connectivity index (χ1) is 13.4. The lowest BCUT2D eigenvalue weighted by Crippen LogP contribution is -2.31. The number of nitrogens with zero attached hydrogens (tertiary/aromatic N) is 3. The highest BCUT2D eigenvalue weighted by molar-refractivity contribution is 6.03. The monoisotopic (exact) mass is 376 g/mol. The normalized spacial score (nSPS) is 11.5. The Bertz CT molecular complexity index is 1180. The van der Waals surface area contributed by atoms with Gasteiger partial charge in [-0.05, 0) is 31.2 Å². The van der Waals surface area contributed by atoms with E-state index in [4.69, 9.17) is 10.00 Å². The Morgan fingerprint density at radius 1 is 1.18 bits per heavy atom. The van der Waals surface area contributed by atoms with Gasteiger partial charge in [0, 0.05) is 18.1 Å². The highest BCUT2D eigenvalue weighted by atomic mass is 16.5. The first-order valence-corrected chi connectivity index (χ1v) is 8.38. The summed E-state index contributed by atoms with van der Waals surface area (Å²) in [5.74, 6) is -1.38. The molecule has 0 fully saturated rings. The van der Waals surface area contributed by atoms with Crippen molar-refractivity contribution in [1.82, 2.24) is 9.78 Å². The van der Waals surface area contributed by atoms with Gasteiger partial charge in [-0.1, -0.05) is 24.3 Å². The van der Waals surface area contributed by atoms with E-state index < -0.39 is 18.0 Å². The standard InChI is InChI=1S/C20H16N4O4/c1-12(18(25)22-14-7-5-6-13(10-14)11-21)28-20(27)17-15-8-3-4-9-16(15)19(26)24(2)23-17/h3-10,12H,1-2H3,(H,22,25)/t12-/m1/s1. The first-order valence-electron chi connectivity index (χ1n) is 8.38. The smallest absolute Gasteiger partial charge is 0.360 e. The number of amides is 1. The third-order valence-electron chi connectivity index (χ3n) is 4.06. The van der Waals surface area contributed by atoms with Gasteiger partial charge in [0.25, 0.3) is 11.5 Å². The third-order valence-corrected chi connectivity index (χ3v) is 4.06. The second kappa shape index (κ2) is 7.72. The molecule has 8 heteroatoms. The Balaban J connectivity index is 1.80. The van der Waals surface area contributed by atoms with Gasteiger partial charge >= 0.3 is 5.97 Å². The van der Waals surface area contributed by atoms with E-state index in [2.05, 4.69) is 10.4 Å². The highest BCUT2D eigenvalue weighted by Crippen LogP contribution is 2.15. The van der Waals surface area contributed by atoms with Gasteiger partial charge in [0.05, 0.1) is 17.0 Å². The molecule has 0 saturated carbocycles. The van der Waals surface area contributed by atoms with Gasteiger partial charge in [-0.25, -0.2) is 9.48 Å². The molecule has 3 aromatic rings. The highest BCUT2D eigenvalue weighted by Gasteiger charge is 2.23. The number of nitrogens with one attached hydrogen (secondary N) is 1. The van der Waals surface area contributed by atoms with Crippen LogP contribution in [0.5, 0.6) is 0 Å². The molecule has 0 aliphatic heterocycles. The fraction of sp³-hybridized carbons (Fsp3) is 0.150. The maximum Gasteiger partial charge on any atom is 0.360 e. The van der Waals surface area contributed by atoms with E-state index in [0.717, 1.165) is 4.68 Å². The molecule has 2 aromatic carbocycles. The molecule has 1 aromatic heterocycles. The van der Waals surface area contributed by atoms with E-state index in [1.54, 1.807) is 42.5 Å². The van der Waals surface area contributed by atoms with E-state index in [1.165, 1.54) is 20.0 Å². The summed E-state index contributed by atoms with van der Waals surface area (Å²) < 4.78 is 6.29. The molecule has 8 nitrogen and oxygen atoms in total. The van der Waals surface area contributed by atoms with E-state index in [-0.39, 0.29) is 11.3 Å². The predicted octanol–water partition coefficient (Wildman–Crippen LogP) is 1.99. The zero-order valence-electron chi connectivity index (χ0n) is 15.2. The number of benzene rings is 2. The lowest BCUT2D eigenvalue weighted by molar-refractivity contribution is -0.123. The molecule has 140 valence electrons. The summed E-state index contributed by atoms with van der Waals surface area (Å²) in [6.07, 6.45) is -1.11. The number of carbonyl (C=O) groups is 2. The molecule has 1 heterocycles. The molecular weight excluding hydrogens is 360 g/mol. The summed E-state index contributed by atoms with van der Waals surface area (Å²) in [6.45, 7) is 1.42. The summed E-state index contributed by atoms with van der Waals surface area (Å²) in [5.41, 5.74) is 0.417. The molecule has 0 spiro atoms. The number of aromatic nitrogens is 2. The Morgan fingerprint density at radius 2 is 1.89 bits per heavy atom. The number of fused-ring (bicyclic) bond motifs is 1. The fourth-order valence-electron chi connectivity index (χ4n) is 2.63. The summed E-state index contributed by atoms with van der Waals surface area (Å²) in [7, 11) is 1.43. The van der Waals surface area contributed by atoms with Gasteiger partial charge in [0.1, 0.15) is 0 Å². The number of esters is 1. The van der Waals surface area contributed by atoms with Crippen molar-refractivity contribution >= 4 is 28.3 Å². The molecule has 0 bridgehead atoms. The molecule has 0 aliphatic carbocycles. The van der Waals surface area contributed by atoms with Crippen LogP contribution in [0.25, 0.3) is 10.8 Å². The molecule has 1 amide bonds. The minimum absolute atomic E-state index is 0.0520. The van der Waals surface area contributed by atoms with Crippen LogP contribution in [0.3, 0.4) is 0 Å². The fourth-order valence-corrected chi connectivity index (χ4v) is 2.63. The SMILES string of the molecule is C[C@@H](OC(=O)c1nn(C)c(=O)c2ccccc12)C(=O)Nc1cccc(C#N)c1. The maximum atomic E-state index is 12.6. The Kier molecular flexibility index (Phi) is 5.18. The van der Waals surface area contributed by atoms with Crippen molar-refractivity contribution in [3.8, 4) is 6.07 Å². The lowest BCUT2D eigenvalue weighted by Gasteiger charge is -2.14. The van der Waals surface area contributed by atoms with Crippen LogP contribution in [0, 0.1) is 11.3 Å². The van der Waals surface area contributed by atoms with Crippen molar-refractivity contribution in [2.45, 2.75) is 13.0 Å². The van der Waals surface area contributed by atoms with Crippen molar-refractivity contribution in [2.75, 3.05) is 5.32 Å². The van der Waals surface area contributed by atoms with Crippen LogP contribution in [-0.2, 0) is 16.6 Å². The maximum absolute atomic E-state index is 12.6. The van der Waals surface area contributed by atoms with Crippen LogP contribution in [0.15, 0.2) is 53.3 Å².